The van der Waals surface area contributed by atoms with E-state index in [0.717, 1.165) is 50.6 Å². The Balaban J connectivity index is 0.00000160. The molecule has 22 heteroatoms. The summed E-state index contributed by atoms with van der Waals surface area (Å²) in [6, 6.07) is -0.977. The number of imidazole rings is 1. The SMILES string of the molecule is CCCC(=O)CC[C@H](NC(=O)CCCCCCCCCCCCCCCCC(=O)O)C(=O)O.COCCOCC(=O)NCCOCCOCC(=O)NCCCC[C@H](CCC(=O)C(C)(C)C(=O)NCCc1cnc[nH]1)C(=O)CO. The van der Waals surface area contributed by atoms with Gasteiger partial charge in [-0.25, -0.2) is 9.78 Å². The Morgan fingerprint density at radius 2 is 1.17 bits per heavy atom. The zero-order chi connectivity index (χ0) is 58.1. The van der Waals surface area contributed by atoms with Crippen molar-refractivity contribution < 1.29 is 77.4 Å². The molecule has 0 aromatic carbocycles. The van der Waals surface area contributed by atoms with Crippen LogP contribution in [0.3, 0.4) is 0 Å². The summed E-state index contributed by atoms with van der Waals surface area (Å²) in [7, 11) is 1.55. The van der Waals surface area contributed by atoms with Gasteiger partial charge in [-0.3, -0.25) is 38.4 Å². The number of amides is 4. The minimum Gasteiger partial charge on any atom is -0.481 e. The zero-order valence-electron chi connectivity index (χ0n) is 47.6. The van der Waals surface area contributed by atoms with Crippen molar-refractivity contribution in [3.63, 3.8) is 0 Å². The molecule has 1 rings (SSSR count). The molecule has 0 fully saturated rings. The van der Waals surface area contributed by atoms with Crippen molar-refractivity contribution in [1.82, 2.24) is 31.2 Å². The number of H-pyrrole nitrogens is 1. The maximum absolute atomic E-state index is 12.9. The maximum Gasteiger partial charge on any atom is 0.326 e. The number of aromatic amines is 1. The van der Waals surface area contributed by atoms with E-state index in [1.54, 1.807) is 33.5 Å². The molecular weight excluding hydrogens is 1010 g/mol. The molecule has 0 aliphatic heterocycles. The van der Waals surface area contributed by atoms with E-state index in [2.05, 4.69) is 31.2 Å². The van der Waals surface area contributed by atoms with Crippen LogP contribution in [0, 0.1) is 11.3 Å². The lowest BCUT2D eigenvalue weighted by Gasteiger charge is -2.23. The van der Waals surface area contributed by atoms with Gasteiger partial charge >= 0.3 is 11.9 Å². The smallest absolute Gasteiger partial charge is 0.326 e. The van der Waals surface area contributed by atoms with E-state index in [-0.39, 0.29) is 93.1 Å². The molecule has 1 aromatic heterocycles. The van der Waals surface area contributed by atoms with Crippen LogP contribution >= 0.6 is 0 Å². The number of carbonyl (C=O) groups is 9. The largest absolute Gasteiger partial charge is 0.481 e. The molecule has 0 saturated carbocycles. The molecule has 1 heterocycles. The minimum atomic E-state index is -1.25. The number of carboxylic acids is 2. The number of unbranched alkanes of at least 4 members (excludes halogenated alkanes) is 14. The van der Waals surface area contributed by atoms with Crippen LogP contribution in [-0.2, 0) is 68.5 Å². The highest BCUT2D eigenvalue weighted by molar-refractivity contribution is 6.05. The van der Waals surface area contributed by atoms with Crippen molar-refractivity contribution in [1.29, 1.82) is 0 Å². The van der Waals surface area contributed by atoms with Crippen LogP contribution in [0.25, 0.3) is 0 Å². The fourth-order valence-corrected chi connectivity index (χ4v) is 8.01. The molecular formula is C56H98N6O16. The lowest BCUT2D eigenvalue weighted by Crippen LogP contribution is -2.43. The van der Waals surface area contributed by atoms with Crippen molar-refractivity contribution in [3.05, 3.63) is 18.2 Å². The number of Topliss-reactive ketones (excluding diaryl/α,β-unsaturated/α-hetero) is 3. The summed E-state index contributed by atoms with van der Waals surface area (Å²) in [6.45, 7) is 6.88. The Bertz CT molecular complexity index is 1800. The molecule has 78 heavy (non-hydrogen) atoms. The first-order valence-corrected chi connectivity index (χ1v) is 28.4. The molecule has 2 atom stereocenters. The highest BCUT2D eigenvalue weighted by Gasteiger charge is 2.36. The van der Waals surface area contributed by atoms with Gasteiger partial charge in [-0.1, -0.05) is 90.4 Å². The second kappa shape index (κ2) is 48.9. The fourth-order valence-electron chi connectivity index (χ4n) is 8.01. The summed E-state index contributed by atoms with van der Waals surface area (Å²) in [5, 5.41) is 37.9. The molecule has 0 radical (unpaired) electrons. The van der Waals surface area contributed by atoms with Crippen LogP contribution in [0.1, 0.15) is 187 Å². The van der Waals surface area contributed by atoms with Gasteiger partial charge in [-0.2, -0.15) is 0 Å². The number of carbonyl (C=O) groups excluding carboxylic acids is 7. The quantitative estimate of drug-likeness (QED) is 0.0284. The van der Waals surface area contributed by atoms with E-state index >= 15 is 0 Å². The Morgan fingerprint density at radius 1 is 0.603 bits per heavy atom. The predicted molar refractivity (Wildman–Crippen MR) is 293 cm³/mol. The van der Waals surface area contributed by atoms with Gasteiger partial charge < -0.3 is 60.5 Å². The minimum absolute atomic E-state index is 0.0358. The number of methoxy groups -OCH3 is 1. The molecule has 0 aliphatic carbocycles. The third kappa shape index (κ3) is 41.9. The highest BCUT2D eigenvalue weighted by Crippen LogP contribution is 2.24. The summed E-state index contributed by atoms with van der Waals surface area (Å²) >= 11 is 0. The summed E-state index contributed by atoms with van der Waals surface area (Å²) in [4.78, 5) is 113. The standard InChI is InChI=1S/C30H51N5O10.C26H47NO6/c1-30(2,29(41)34-11-9-24-18-31-22-35-24)26(38)8-7-23(25(37)19-36)6-4-5-10-32-27(39)20-45-17-16-43-13-12-33-28(40)21-44-15-14-42-3;1-2-17-22(28)20-21-23(26(32)33)27-24(29)18-15-13-11-9-7-5-3-4-6-8-10-12-14-16-19-25(30)31/h18,22-23,36H,4-17,19-21H2,1-3H3,(H,31,35)(H,32,39)(H,33,40)(H,34,41);23H,2-21H2,1H3,(H,27,29)(H,30,31)(H,32,33)/t2*23-/m10/s1. The van der Waals surface area contributed by atoms with Crippen molar-refractivity contribution in [2.75, 3.05) is 79.6 Å². The van der Waals surface area contributed by atoms with Crippen LogP contribution in [0.5, 0.6) is 0 Å². The van der Waals surface area contributed by atoms with E-state index in [1.807, 2.05) is 6.92 Å². The molecule has 1 aromatic rings. The van der Waals surface area contributed by atoms with E-state index in [4.69, 9.17) is 24.1 Å². The Hall–Kier alpha value is -5.16. The van der Waals surface area contributed by atoms with Crippen LogP contribution in [-0.4, -0.2) is 164 Å². The van der Waals surface area contributed by atoms with Crippen LogP contribution in [0.2, 0.25) is 0 Å². The van der Waals surface area contributed by atoms with Gasteiger partial charge in [0.25, 0.3) is 0 Å². The predicted octanol–water partition coefficient (Wildman–Crippen LogP) is 5.75. The molecule has 0 spiro atoms. The second-order valence-corrected chi connectivity index (χ2v) is 20.0. The average Bonchev–Trinajstić information content (AvgIpc) is 3.93. The molecule has 0 aliphatic rings. The molecule has 4 amide bonds. The summed E-state index contributed by atoms with van der Waals surface area (Å²) in [5.41, 5.74) is -0.381. The fraction of sp³-hybridized carbons (Fsp3) is 0.786. The molecule has 0 saturated heterocycles. The van der Waals surface area contributed by atoms with Crippen molar-refractivity contribution in [2.24, 2.45) is 11.3 Å². The number of hydrogen-bond acceptors (Lipinski definition) is 15. The topological polar surface area (TPSA) is 328 Å². The first kappa shape index (κ1) is 72.8. The number of hydrogen-bond donors (Lipinski definition) is 8. The van der Waals surface area contributed by atoms with E-state index < -0.39 is 35.9 Å². The van der Waals surface area contributed by atoms with Gasteiger partial charge in [0.15, 0.2) is 5.78 Å². The zero-order valence-corrected chi connectivity index (χ0v) is 47.6. The van der Waals surface area contributed by atoms with E-state index in [0.29, 0.717) is 84.4 Å². The van der Waals surface area contributed by atoms with Gasteiger partial charge in [0.2, 0.25) is 23.6 Å². The van der Waals surface area contributed by atoms with Crippen molar-refractivity contribution in [2.45, 2.75) is 194 Å². The second-order valence-electron chi connectivity index (χ2n) is 20.0. The summed E-state index contributed by atoms with van der Waals surface area (Å²) < 4.78 is 20.6. The highest BCUT2D eigenvalue weighted by atomic mass is 16.5. The van der Waals surface area contributed by atoms with Crippen LogP contribution in [0.4, 0.5) is 0 Å². The van der Waals surface area contributed by atoms with Gasteiger partial charge in [0.1, 0.15) is 42.8 Å². The average molecular weight is 1110 g/mol. The number of aliphatic carboxylic acids is 2. The normalized spacial score (nSPS) is 11.9. The maximum atomic E-state index is 12.9. The molecule has 0 unspecified atom stereocenters. The van der Waals surface area contributed by atoms with Gasteiger partial charge in [-0.05, 0) is 58.8 Å². The van der Waals surface area contributed by atoms with Gasteiger partial charge in [-0.15, -0.1) is 0 Å². The number of nitrogens with zero attached hydrogens (tertiary/aromatic N) is 1. The summed E-state index contributed by atoms with van der Waals surface area (Å²) in [6.07, 6.45) is 23.6. The van der Waals surface area contributed by atoms with Crippen molar-refractivity contribution >= 4 is 52.9 Å². The van der Waals surface area contributed by atoms with Gasteiger partial charge in [0, 0.05) is 83.1 Å². The number of carboxylic acid groups (broad SMARTS) is 2. The third-order valence-electron chi connectivity index (χ3n) is 12.9. The Labute approximate surface area is 463 Å². The van der Waals surface area contributed by atoms with Crippen molar-refractivity contribution in [3.8, 4) is 0 Å². The van der Waals surface area contributed by atoms with Gasteiger partial charge in [0.05, 0.1) is 39.4 Å². The van der Waals surface area contributed by atoms with Crippen LogP contribution < -0.4 is 21.3 Å². The number of nitrogens with one attached hydrogen (secondary N) is 5. The Morgan fingerprint density at radius 3 is 1.71 bits per heavy atom. The monoisotopic (exact) mass is 1110 g/mol. The van der Waals surface area contributed by atoms with E-state index in [9.17, 15) is 53.4 Å². The Kier molecular flexibility index (Phi) is 45.7. The molecule has 0 bridgehead atoms. The number of aliphatic hydroxyl groups is 1. The number of aliphatic hydroxyl groups excluding tert-OH is 1. The lowest BCUT2D eigenvalue weighted by molar-refractivity contribution is -0.142. The van der Waals surface area contributed by atoms with Crippen LogP contribution in [0.15, 0.2) is 12.5 Å². The first-order chi connectivity index (χ1) is 37.5. The van der Waals surface area contributed by atoms with E-state index in [1.165, 1.54) is 51.4 Å². The lowest BCUT2D eigenvalue weighted by atomic mass is 9.82. The number of ether oxygens (including phenoxy) is 4. The molecule has 8 N–H and O–H groups in total. The molecule has 448 valence electrons. The third-order valence-corrected chi connectivity index (χ3v) is 12.9. The summed E-state index contributed by atoms with van der Waals surface area (Å²) in [5.74, 6) is -4.02. The number of aromatic nitrogens is 2. The number of rotatable bonds is 52. The first-order valence-electron chi connectivity index (χ1n) is 28.4. The molecule has 22 nitrogen and oxygen atoms in total. The number of ketones is 3.